The molecule has 5 nitrogen and oxygen atoms in total. The predicted molar refractivity (Wildman–Crippen MR) is 38.5 cm³/mol. The van der Waals surface area contributed by atoms with Gasteiger partial charge in [0.15, 0.2) is 0 Å². The molecule has 2 N–H and O–H groups in total. The fourth-order valence-corrected chi connectivity index (χ4v) is 0.310. The Hall–Kier alpha value is -1.86. The first kappa shape index (κ1) is 12.1. The van der Waals surface area contributed by atoms with E-state index in [0.717, 1.165) is 0 Å². The van der Waals surface area contributed by atoms with Crippen molar-refractivity contribution in [3.63, 3.8) is 0 Å². The van der Waals surface area contributed by atoms with Gasteiger partial charge in [-0.1, -0.05) is 0 Å². The lowest BCUT2D eigenvalue weighted by atomic mass is 10.7. The van der Waals surface area contributed by atoms with Crippen molar-refractivity contribution in [2.75, 3.05) is 0 Å². The second kappa shape index (κ2) is 5.00. The van der Waals surface area contributed by atoms with Crippen LogP contribution in [0.1, 0.15) is 0 Å². The van der Waals surface area contributed by atoms with Crippen molar-refractivity contribution in [1.82, 2.24) is 9.97 Å². The Kier molecular flexibility index (Phi) is 4.33. The Morgan fingerprint density at radius 3 is 2.14 bits per heavy atom. The van der Waals surface area contributed by atoms with Crippen molar-refractivity contribution in [1.29, 1.82) is 0 Å². The van der Waals surface area contributed by atoms with Crippen molar-refractivity contribution in [3.8, 4) is 0 Å². The maximum Gasteiger partial charge on any atom is 0.490 e. The van der Waals surface area contributed by atoms with Crippen LogP contribution in [0, 0.1) is 0 Å². The topological polar surface area (TPSA) is 83.0 Å². The van der Waals surface area contributed by atoms with E-state index in [1.54, 1.807) is 0 Å². The minimum atomic E-state index is -5.08. The minimum absolute atomic E-state index is 0.164. The molecule has 0 radical (unpaired) electrons. The van der Waals surface area contributed by atoms with Crippen LogP contribution in [0.2, 0.25) is 0 Å². The molecule has 1 rings (SSSR count). The quantitative estimate of drug-likeness (QED) is 0.649. The van der Waals surface area contributed by atoms with Gasteiger partial charge in [-0.3, -0.25) is 9.78 Å². The molecule has 0 aliphatic rings. The molecule has 1 heterocycles. The maximum atomic E-state index is 10.6. The number of hydrogen-bond donors (Lipinski definition) is 2. The van der Waals surface area contributed by atoms with Crippen LogP contribution < -0.4 is 5.56 Å². The number of nitrogens with one attached hydrogen (secondary N) is 1. The highest BCUT2D eigenvalue weighted by molar-refractivity contribution is 5.73. The third-order valence-corrected chi connectivity index (χ3v) is 0.820. The first-order chi connectivity index (χ1) is 6.34. The lowest BCUT2D eigenvalue weighted by Gasteiger charge is -1.93. The Labute approximate surface area is 75.2 Å². The number of nitrogens with zero attached hydrogens (tertiary/aromatic N) is 1. The Bertz CT molecular complexity index is 329. The zero-order chi connectivity index (χ0) is 11.2. The molecule has 0 aliphatic carbocycles. The lowest BCUT2D eigenvalue weighted by Crippen LogP contribution is -2.21. The van der Waals surface area contributed by atoms with Crippen LogP contribution in [-0.2, 0) is 4.79 Å². The molecule has 1 aromatic rings. The van der Waals surface area contributed by atoms with Crippen molar-refractivity contribution < 1.29 is 23.1 Å². The van der Waals surface area contributed by atoms with Gasteiger partial charge in [0.1, 0.15) is 0 Å². The Morgan fingerprint density at radius 2 is 2.00 bits per heavy atom. The smallest absolute Gasteiger partial charge is 0.475 e. The number of H-pyrrole nitrogens is 1. The molecule has 0 fully saturated rings. The normalized spacial score (nSPS) is 9.93. The molecule has 0 aliphatic heterocycles. The number of aromatic amines is 1. The summed E-state index contributed by atoms with van der Waals surface area (Å²) in [5, 5.41) is 7.12. The third kappa shape index (κ3) is 5.75. The van der Waals surface area contributed by atoms with Gasteiger partial charge in [0.2, 0.25) is 0 Å². The Balaban J connectivity index is 0.000000241. The lowest BCUT2D eigenvalue weighted by molar-refractivity contribution is -0.192. The molecule has 0 unspecified atom stereocenters. The summed E-state index contributed by atoms with van der Waals surface area (Å²) < 4.78 is 31.7. The summed E-state index contributed by atoms with van der Waals surface area (Å²) >= 11 is 0. The molecule has 0 spiro atoms. The molecule has 14 heavy (non-hydrogen) atoms. The van der Waals surface area contributed by atoms with Crippen LogP contribution in [-0.4, -0.2) is 27.2 Å². The first-order valence-corrected chi connectivity index (χ1v) is 3.13. The summed E-state index contributed by atoms with van der Waals surface area (Å²) in [7, 11) is 0. The zero-order valence-corrected chi connectivity index (χ0v) is 6.58. The van der Waals surface area contributed by atoms with Gasteiger partial charge in [0, 0.05) is 12.4 Å². The molecular formula is C6H5F3N2O3. The second-order valence-corrected chi connectivity index (χ2v) is 1.91. The largest absolute Gasteiger partial charge is 0.490 e. The molecule has 78 valence electrons. The second-order valence-electron chi connectivity index (χ2n) is 1.91. The van der Waals surface area contributed by atoms with E-state index in [1.165, 1.54) is 18.6 Å². The summed E-state index contributed by atoms with van der Waals surface area (Å²) in [6.45, 7) is 0. The summed E-state index contributed by atoms with van der Waals surface area (Å²) in [5.41, 5.74) is -0.164. The van der Waals surface area contributed by atoms with Gasteiger partial charge in [0.05, 0.1) is 6.20 Å². The molecule has 0 saturated heterocycles. The van der Waals surface area contributed by atoms with Gasteiger partial charge in [-0.05, 0) is 0 Å². The summed E-state index contributed by atoms with van der Waals surface area (Å²) in [4.78, 5) is 25.0. The average Bonchev–Trinajstić information content (AvgIpc) is 2.04. The Morgan fingerprint density at radius 1 is 1.50 bits per heavy atom. The summed E-state index contributed by atoms with van der Waals surface area (Å²) in [6, 6.07) is 0. The molecule has 0 atom stereocenters. The number of hydrogen-bond acceptors (Lipinski definition) is 3. The first-order valence-electron chi connectivity index (χ1n) is 3.13. The van der Waals surface area contributed by atoms with Crippen molar-refractivity contribution in [2.24, 2.45) is 0 Å². The molecule has 1 aromatic heterocycles. The number of aromatic nitrogens is 2. The molecule has 0 bridgehead atoms. The number of rotatable bonds is 0. The van der Waals surface area contributed by atoms with Crippen LogP contribution in [0.15, 0.2) is 23.4 Å². The SMILES string of the molecule is O=C(O)C(F)(F)F.O=c1cncc[nH]1. The number of halogens is 3. The number of alkyl halides is 3. The molecule has 0 saturated carbocycles. The predicted octanol–water partition coefficient (Wildman–Crippen LogP) is 0.403. The molecule has 8 heteroatoms. The van der Waals surface area contributed by atoms with E-state index >= 15 is 0 Å². The van der Waals surface area contributed by atoms with Gasteiger partial charge < -0.3 is 10.1 Å². The standard InChI is InChI=1S/C4H4N2O.C2HF3O2/c7-4-3-5-1-2-6-4;3-2(4,5)1(6)7/h1-3H,(H,6,7);(H,6,7). The van der Waals surface area contributed by atoms with Gasteiger partial charge in [-0.15, -0.1) is 0 Å². The number of carbonyl (C=O) groups is 1. The average molecular weight is 210 g/mol. The van der Waals surface area contributed by atoms with Gasteiger partial charge in [0.25, 0.3) is 5.56 Å². The van der Waals surface area contributed by atoms with Crippen LogP contribution in [0.4, 0.5) is 13.2 Å². The van der Waals surface area contributed by atoms with E-state index in [1.807, 2.05) is 0 Å². The summed E-state index contributed by atoms with van der Waals surface area (Å²) in [6.07, 6.45) is -0.857. The zero-order valence-electron chi connectivity index (χ0n) is 6.58. The monoisotopic (exact) mass is 210 g/mol. The van der Waals surface area contributed by atoms with Crippen LogP contribution in [0.3, 0.4) is 0 Å². The maximum absolute atomic E-state index is 10.6. The van der Waals surface area contributed by atoms with E-state index in [2.05, 4.69) is 9.97 Å². The van der Waals surface area contributed by atoms with Crippen molar-refractivity contribution >= 4 is 5.97 Å². The fourth-order valence-electron chi connectivity index (χ4n) is 0.310. The number of aliphatic carboxylic acids is 1. The van der Waals surface area contributed by atoms with Gasteiger partial charge in [-0.25, -0.2) is 4.79 Å². The fraction of sp³-hybridized carbons (Fsp3) is 0.167. The van der Waals surface area contributed by atoms with E-state index in [-0.39, 0.29) is 5.56 Å². The molecule has 0 amide bonds. The number of carboxylic acid groups (broad SMARTS) is 1. The van der Waals surface area contributed by atoms with Crippen LogP contribution in [0.25, 0.3) is 0 Å². The van der Waals surface area contributed by atoms with E-state index < -0.39 is 12.1 Å². The van der Waals surface area contributed by atoms with Gasteiger partial charge in [-0.2, -0.15) is 13.2 Å². The van der Waals surface area contributed by atoms with E-state index in [4.69, 9.17) is 9.90 Å². The van der Waals surface area contributed by atoms with Crippen LogP contribution in [0.5, 0.6) is 0 Å². The van der Waals surface area contributed by atoms with Crippen LogP contribution >= 0.6 is 0 Å². The highest BCUT2D eigenvalue weighted by Crippen LogP contribution is 2.13. The minimum Gasteiger partial charge on any atom is -0.475 e. The summed E-state index contributed by atoms with van der Waals surface area (Å²) in [5.74, 6) is -2.76. The van der Waals surface area contributed by atoms with E-state index in [9.17, 15) is 18.0 Å². The van der Waals surface area contributed by atoms with Crippen molar-refractivity contribution in [2.45, 2.75) is 6.18 Å². The highest BCUT2D eigenvalue weighted by atomic mass is 19.4. The van der Waals surface area contributed by atoms with Gasteiger partial charge >= 0.3 is 12.1 Å². The van der Waals surface area contributed by atoms with E-state index in [0.29, 0.717) is 0 Å². The number of carboxylic acids is 1. The molecular weight excluding hydrogens is 205 g/mol. The highest BCUT2D eigenvalue weighted by Gasteiger charge is 2.38. The molecule has 0 aromatic carbocycles. The van der Waals surface area contributed by atoms with Crippen molar-refractivity contribution in [3.05, 3.63) is 28.9 Å². The third-order valence-electron chi connectivity index (χ3n) is 0.820.